The summed E-state index contributed by atoms with van der Waals surface area (Å²) in [5.41, 5.74) is 0. The molecule has 0 atom stereocenters. The molecule has 1 fully saturated rings. The lowest BCUT2D eigenvalue weighted by molar-refractivity contribution is 0.228. The molecule has 0 spiro atoms. The third-order valence-corrected chi connectivity index (χ3v) is 5.73. The van der Waals surface area contributed by atoms with Gasteiger partial charge in [-0.1, -0.05) is 6.07 Å². The fourth-order valence-electron chi connectivity index (χ4n) is 2.32. The van der Waals surface area contributed by atoms with Crippen molar-refractivity contribution in [1.29, 1.82) is 0 Å². The minimum absolute atomic E-state index is 0.0461. The van der Waals surface area contributed by atoms with Gasteiger partial charge in [-0.05, 0) is 30.7 Å². The largest absolute Gasteiger partial charge is 0.338 e. The third-order valence-electron chi connectivity index (χ3n) is 3.50. The summed E-state index contributed by atoms with van der Waals surface area (Å²) in [4.78, 5) is 13.0. The predicted molar refractivity (Wildman–Crippen MR) is 84.0 cm³/mol. The standard InChI is InChI=1S/C13H21N3O3S2/c1-21(18,19)16-8-5-11(6-9-16)15-13(17)14-7-4-12-3-2-10-20-12/h2-3,10-11H,4-9H2,1H3,(H2,14,15,17). The fourth-order valence-corrected chi connectivity index (χ4v) is 3.91. The van der Waals surface area contributed by atoms with Crippen LogP contribution in [0.3, 0.4) is 0 Å². The lowest BCUT2D eigenvalue weighted by Crippen LogP contribution is -2.49. The molecule has 6 nitrogen and oxygen atoms in total. The summed E-state index contributed by atoms with van der Waals surface area (Å²) in [5.74, 6) is 0. The first-order valence-electron chi connectivity index (χ1n) is 6.97. The maximum atomic E-state index is 11.8. The number of hydrogen-bond donors (Lipinski definition) is 2. The molecule has 0 radical (unpaired) electrons. The van der Waals surface area contributed by atoms with Crippen LogP contribution >= 0.6 is 11.3 Å². The molecule has 2 amide bonds. The number of hydrogen-bond acceptors (Lipinski definition) is 4. The van der Waals surface area contributed by atoms with Crippen LogP contribution in [0.5, 0.6) is 0 Å². The highest BCUT2D eigenvalue weighted by molar-refractivity contribution is 7.88. The van der Waals surface area contributed by atoms with Crippen molar-refractivity contribution in [1.82, 2.24) is 14.9 Å². The second-order valence-corrected chi connectivity index (χ2v) is 8.18. The third kappa shape index (κ3) is 5.29. The molecule has 0 unspecified atom stereocenters. The molecule has 0 aliphatic carbocycles. The molecule has 0 aromatic carbocycles. The zero-order valence-electron chi connectivity index (χ0n) is 12.0. The highest BCUT2D eigenvalue weighted by Gasteiger charge is 2.25. The van der Waals surface area contributed by atoms with E-state index in [0.29, 0.717) is 32.5 Å². The maximum absolute atomic E-state index is 11.8. The molecule has 8 heteroatoms. The number of rotatable bonds is 5. The molecule has 1 aliphatic rings. The van der Waals surface area contributed by atoms with E-state index < -0.39 is 10.0 Å². The second-order valence-electron chi connectivity index (χ2n) is 5.17. The van der Waals surface area contributed by atoms with Gasteiger partial charge in [-0.2, -0.15) is 0 Å². The normalized spacial score (nSPS) is 17.6. The van der Waals surface area contributed by atoms with Crippen molar-refractivity contribution < 1.29 is 13.2 Å². The average molecular weight is 331 g/mol. The van der Waals surface area contributed by atoms with E-state index in [2.05, 4.69) is 10.6 Å². The predicted octanol–water partition coefficient (Wildman–Crippen LogP) is 1.01. The van der Waals surface area contributed by atoms with E-state index >= 15 is 0 Å². The Morgan fingerprint density at radius 3 is 2.71 bits per heavy atom. The number of carbonyl (C=O) groups is 1. The van der Waals surface area contributed by atoms with E-state index in [0.717, 1.165) is 6.42 Å². The average Bonchev–Trinajstić information content (AvgIpc) is 2.91. The van der Waals surface area contributed by atoms with E-state index in [4.69, 9.17) is 0 Å². The van der Waals surface area contributed by atoms with Crippen molar-refractivity contribution in [2.45, 2.75) is 25.3 Å². The topological polar surface area (TPSA) is 78.5 Å². The number of amides is 2. The van der Waals surface area contributed by atoms with E-state index in [9.17, 15) is 13.2 Å². The van der Waals surface area contributed by atoms with Gasteiger partial charge in [0.05, 0.1) is 6.26 Å². The molecule has 2 N–H and O–H groups in total. The number of nitrogens with one attached hydrogen (secondary N) is 2. The van der Waals surface area contributed by atoms with Gasteiger partial charge in [-0.15, -0.1) is 11.3 Å². The van der Waals surface area contributed by atoms with E-state index in [1.165, 1.54) is 15.4 Å². The van der Waals surface area contributed by atoms with E-state index in [1.54, 1.807) is 11.3 Å². The first kappa shape index (κ1) is 16.3. The van der Waals surface area contributed by atoms with Crippen LogP contribution in [0.4, 0.5) is 4.79 Å². The van der Waals surface area contributed by atoms with Gasteiger partial charge >= 0.3 is 6.03 Å². The van der Waals surface area contributed by atoms with Crippen LogP contribution in [0.2, 0.25) is 0 Å². The highest BCUT2D eigenvalue weighted by Crippen LogP contribution is 2.13. The minimum Gasteiger partial charge on any atom is -0.338 e. The number of sulfonamides is 1. The Bertz CT molecular complexity index is 549. The molecule has 21 heavy (non-hydrogen) atoms. The van der Waals surface area contributed by atoms with Gasteiger partial charge in [0.25, 0.3) is 0 Å². The molecule has 2 heterocycles. The van der Waals surface area contributed by atoms with Crippen molar-refractivity contribution in [2.24, 2.45) is 0 Å². The number of urea groups is 1. The van der Waals surface area contributed by atoms with E-state index in [1.807, 2.05) is 17.5 Å². The van der Waals surface area contributed by atoms with Gasteiger partial charge < -0.3 is 10.6 Å². The van der Waals surface area contributed by atoms with Crippen molar-refractivity contribution in [3.05, 3.63) is 22.4 Å². The first-order valence-corrected chi connectivity index (χ1v) is 9.70. The Labute approximate surface area is 129 Å². The Kier molecular flexibility index (Phi) is 5.60. The molecule has 118 valence electrons. The van der Waals surface area contributed by atoms with Crippen LogP contribution in [-0.4, -0.2) is 50.7 Å². The Morgan fingerprint density at radius 1 is 1.43 bits per heavy atom. The van der Waals surface area contributed by atoms with Gasteiger partial charge in [0.1, 0.15) is 0 Å². The second kappa shape index (κ2) is 7.24. The van der Waals surface area contributed by atoms with Crippen LogP contribution in [0.1, 0.15) is 17.7 Å². The number of carbonyl (C=O) groups excluding carboxylic acids is 1. The van der Waals surface area contributed by atoms with Gasteiger partial charge in [0, 0.05) is 30.6 Å². The van der Waals surface area contributed by atoms with Crippen molar-refractivity contribution in [3.8, 4) is 0 Å². The van der Waals surface area contributed by atoms with E-state index in [-0.39, 0.29) is 12.1 Å². The molecular formula is C13H21N3O3S2. The summed E-state index contributed by atoms with van der Waals surface area (Å²) in [6.07, 6.45) is 3.37. The zero-order chi connectivity index (χ0) is 15.3. The molecule has 1 aliphatic heterocycles. The smallest absolute Gasteiger partial charge is 0.315 e. The Hall–Kier alpha value is -1.12. The SMILES string of the molecule is CS(=O)(=O)N1CCC(NC(=O)NCCc2cccs2)CC1. The van der Waals surface area contributed by atoms with Gasteiger partial charge in [0.2, 0.25) is 10.0 Å². The summed E-state index contributed by atoms with van der Waals surface area (Å²) in [7, 11) is -3.11. The Balaban J connectivity index is 1.65. The summed E-state index contributed by atoms with van der Waals surface area (Å²) in [6, 6.07) is 3.91. The van der Waals surface area contributed by atoms with Crippen LogP contribution < -0.4 is 10.6 Å². The Morgan fingerprint density at radius 2 is 2.14 bits per heavy atom. The molecule has 1 saturated heterocycles. The van der Waals surface area contributed by atoms with Crippen molar-refractivity contribution >= 4 is 27.4 Å². The summed E-state index contributed by atoms with van der Waals surface area (Å²) >= 11 is 1.68. The maximum Gasteiger partial charge on any atom is 0.315 e. The van der Waals surface area contributed by atoms with Gasteiger partial charge in [-0.25, -0.2) is 17.5 Å². The molecule has 1 aromatic heterocycles. The van der Waals surface area contributed by atoms with Crippen LogP contribution in [0, 0.1) is 0 Å². The quantitative estimate of drug-likeness (QED) is 0.845. The van der Waals surface area contributed by atoms with Crippen LogP contribution in [0.15, 0.2) is 17.5 Å². The summed E-state index contributed by atoms with van der Waals surface area (Å²) < 4.78 is 24.3. The van der Waals surface area contributed by atoms with Crippen molar-refractivity contribution in [2.75, 3.05) is 25.9 Å². The lowest BCUT2D eigenvalue weighted by atomic mass is 10.1. The number of piperidine rings is 1. The molecule has 0 bridgehead atoms. The number of thiophene rings is 1. The fraction of sp³-hybridized carbons (Fsp3) is 0.615. The summed E-state index contributed by atoms with van der Waals surface area (Å²) in [6.45, 7) is 1.55. The van der Waals surface area contributed by atoms with Crippen LogP contribution in [0.25, 0.3) is 0 Å². The zero-order valence-corrected chi connectivity index (χ0v) is 13.7. The minimum atomic E-state index is -3.11. The molecule has 1 aromatic rings. The number of nitrogens with zero attached hydrogens (tertiary/aromatic N) is 1. The first-order chi connectivity index (χ1) is 9.95. The van der Waals surface area contributed by atoms with Crippen LogP contribution in [-0.2, 0) is 16.4 Å². The lowest BCUT2D eigenvalue weighted by Gasteiger charge is -2.30. The van der Waals surface area contributed by atoms with Gasteiger partial charge in [0.15, 0.2) is 0 Å². The van der Waals surface area contributed by atoms with Gasteiger partial charge in [-0.3, -0.25) is 0 Å². The van der Waals surface area contributed by atoms with Crippen molar-refractivity contribution in [3.63, 3.8) is 0 Å². The molecule has 2 rings (SSSR count). The monoisotopic (exact) mass is 331 g/mol. The highest BCUT2D eigenvalue weighted by atomic mass is 32.2. The molecular weight excluding hydrogens is 310 g/mol. The molecule has 0 saturated carbocycles. The summed E-state index contributed by atoms with van der Waals surface area (Å²) in [5, 5.41) is 7.76.